The number of nitrogens with zero attached hydrogens (tertiary/aromatic N) is 2. The molecular weight excluding hydrogens is 449 g/mol. The first kappa shape index (κ1) is 22.1. The number of ether oxygens (including phenoxy) is 3. The van der Waals surface area contributed by atoms with Gasteiger partial charge in [-0.2, -0.15) is 0 Å². The van der Waals surface area contributed by atoms with Gasteiger partial charge in [-0.1, -0.05) is 6.07 Å². The summed E-state index contributed by atoms with van der Waals surface area (Å²) in [5.74, 6) is 1.52. The molecule has 0 bridgehead atoms. The molecule has 1 aromatic heterocycles. The summed E-state index contributed by atoms with van der Waals surface area (Å²) < 4.78 is 32.9. The number of anilines is 1. The van der Waals surface area contributed by atoms with Gasteiger partial charge >= 0.3 is 0 Å². The molecule has 1 fully saturated rings. The van der Waals surface area contributed by atoms with E-state index >= 15 is 4.39 Å². The van der Waals surface area contributed by atoms with Crippen molar-refractivity contribution in [3.63, 3.8) is 0 Å². The molecule has 0 saturated carbocycles. The van der Waals surface area contributed by atoms with E-state index in [4.69, 9.17) is 14.2 Å². The van der Waals surface area contributed by atoms with E-state index in [1.165, 1.54) is 0 Å². The average molecular weight is 478 g/mol. The Balaban J connectivity index is 1.13. The number of carbonyl (C=O) groups excluding carboxylic acids is 1. The maximum absolute atomic E-state index is 15.1. The lowest BCUT2D eigenvalue weighted by atomic mass is 9.90. The number of likely N-dealkylation sites (tertiary alicyclic amines) is 1. The first-order valence-electron chi connectivity index (χ1n) is 12.2. The highest BCUT2D eigenvalue weighted by Gasteiger charge is 2.29. The van der Waals surface area contributed by atoms with Crippen molar-refractivity contribution in [3.8, 4) is 17.2 Å². The van der Waals surface area contributed by atoms with Crippen molar-refractivity contribution in [1.29, 1.82) is 0 Å². The second-order valence-electron chi connectivity index (χ2n) is 9.68. The number of pyridine rings is 1. The molecule has 0 radical (unpaired) electrons. The number of carbonyl (C=O) groups is 1. The number of halogens is 1. The number of aromatic nitrogens is 1. The highest BCUT2D eigenvalue weighted by molar-refractivity contribution is 5.95. The Bertz CT molecular complexity index is 1300. The normalized spacial score (nSPS) is 21.8. The van der Waals surface area contributed by atoms with Crippen LogP contribution in [0.4, 0.5) is 10.1 Å². The van der Waals surface area contributed by atoms with Gasteiger partial charge in [0.15, 0.2) is 23.9 Å². The molecule has 35 heavy (non-hydrogen) atoms. The number of aryl methyl sites for hydroxylation is 1. The van der Waals surface area contributed by atoms with Gasteiger partial charge in [-0.15, -0.1) is 0 Å². The molecule has 1 saturated heterocycles. The Hall–Kier alpha value is -3.39. The molecule has 2 aromatic carbocycles. The fourth-order valence-corrected chi connectivity index (χ4v) is 5.36. The van der Waals surface area contributed by atoms with E-state index in [0.29, 0.717) is 30.3 Å². The summed E-state index contributed by atoms with van der Waals surface area (Å²) in [7, 11) is 0. The van der Waals surface area contributed by atoms with E-state index in [0.717, 1.165) is 60.6 Å². The van der Waals surface area contributed by atoms with Crippen LogP contribution in [-0.2, 0) is 11.2 Å². The van der Waals surface area contributed by atoms with Crippen molar-refractivity contribution in [2.45, 2.75) is 32.3 Å². The number of rotatable bonds is 4. The lowest BCUT2D eigenvalue weighted by molar-refractivity contribution is -0.118. The molecule has 3 aromatic rings. The second-order valence-corrected chi connectivity index (χ2v) is 9.68. The summed E-state index contributed by atoms with van der Waals surface area (Å²) in [5, 5.41) is 3.57. The summed E-state index contributed by atoms with van der Waals surface area (Å²) >= 11 is 0. The standard InChI is InChI=1S/C27H28FN3O4/c1-16-4-6-20-21(29-16)7-9-23-27(20)35-19(14-33-23)13-31-10-2-3-17(12-31)11-18-5-8-22-26(25(18)28)30-24(32)15-34-22/h4-9,17,19H,2-3,10-15H2,1H3,(H,30,32). The highest BCUT2D eigenvalue weighted by Crippen LogP contribution is 2.39. The van der Waals surface area contributed by atoms with E-state index in [2.05, 4.69) is 15.2 Å². The number of nitrogens with one attached hydrogen (secondary N) is 1. The lowest BCUT2D eigenvalue weighted by Gasteiger charge is -2.36. The molecule has 4 heterocycles. The molecule has 182 valence electrons. The lowest BCUT2D eigenvalue weighted by Crippen LogP contribution is -2.45. The average Bonchev–Trinajstić information content (AvgIpc) is 2.86. The minimum Gasteiger partial charge on any atom is -0.486 e. The molecule has 2 atom stereocenters. The van der Waals surface area contributed by atoms with Crippen LogP contribution in [0.3, 0.4) is 0 Å². The van der Waals surface area contributed by atoms with Gasteiger partial charge in [0.2, 0.25) is 0 Å². The largest absolute Gasteiger partial charge is 0.486 e. The summed E-state index contributed by atoms with van der Waals surface area (Å²) in [6.07, 6.45) is 2.62. The summed E-state index contributed by atoms with van der Waals surface area (Å²) in [5.41, 5.74) is 2.65. The molecule has 6 rings (SSSR count). The van der Waals surface area contributed by atoms with E-state index in [1.54, 1.807) is 12.1 Å². The summed E-state index contributed by atoms with van der Waals surface area (Å²) in [4.78, 5) is 18.6. The second kappa shape index (κ2) is 9.00. The van der Waals surface area contributed by atoms with Gasteiger partial charge in [-0.05, 0) is 74.5 Å². The maximum atomic E-state index is 15.1. The van der Waals surface area contributed by atoms with Crippen LogP contribution in [0, 0.1) is 18.7 Å². The fourth-order valence-electron chi connectivity index (χ4n) is 5.36. The van der Waals surface area contributed by atoms with Gasteiger partial charge < -0.3 is 19.5 Å². The minimum atomic E-state index is -0.385. The Morgan fingerprint density at radius 2 is 2.03 bits per heavy atom. The van der Waals surface area contributed by atoms with Crippen molar-refractivity contribution >= 4 is 22.5 Å². The predicted octanol–water partition coefficient (Wildman–Crippen LogP) is 4.11. The van der Waals surface area contributed by atoms with Crippen LogP contribution < -0.4 is 19.5 Å². The predicted molar refractivity (Wildman–Crippen MR) is 130 cm³/mol. The Labute approximate surface area is 203 Å². The van der Waals surface area contributed by atoms with Crippen LogP contribution in [0.15, 0.2) is 36.4 Å². The summed E-state index contributed by atoms with van der Waals surface area (Å²) in [6, 6.07) is 11.5. The van der Waals surface area contributed by atoms with Gasteiger partial charge in [0.05, 0.1) is 5.52 Å². The van der Waals surface area contributed by atoms with Crippen LogP contribution in [0.25, 0.3) is 10.9 Å². The van der Waals surface area contributed by atoms with Crippen molar-refractivity contribution in [2.24, 2.45) is 5.92 Å². The minimum absolute atomic E-state index is 0.0766. The quantitative estimate of drug-likeness (QED) is 0.610. The number of piperidine rings is 1. The zero-order chi connectivity index (χ0) is 23.9. The van der Waals surface area contributed by atoms with E-state index in [9.17, 15) is 4.79 Å². The zero-order valence-corrected chi connectivity index (χ0v) is 19.7. The SMILES string of the molecule is Cc1ccc2c3c(ccc2n1)OCC(CN1CCCC(Cc2ccc4c(c2F)NC(=O)CO4)C1)O3. The smallest absolute Gasteiger partial charge is 0.262 e. The van der Waals surface area contributed by atoms with Gasteiger partial charge in [-0.25, -0.2) is 4.39 Å². The number of fused-ring (bicyclic) bond motifs is 4. The number of benzene rings is 2. The highest BCUT2D eigenvalue weighted by atomic mass is 19.1. The summed E-state index contributed by atoms with van der Waals surface area (Å²) in [6.45, 7) is 5.00. The molecule has 3 aliphatic rings. The third kappa shape index (κ3) is 4.38. The molecule has 3 aliphatic heterocycles. The van der Waals surface area contributed by atoms with Crippen LogP contribution in [-0.4, -0.2) is 54.7 Å². The van der Waals surface area contributed by atoms with Crippen molar-refractivity contribution in [2.75, 3.05) is 38.2 Å². The number of amides is 1. The molecule has 1 amide bonds. The monoisotopic (exact) mass is 477 g/mol. The van der Waals surface area contributed by atoms with E-state index in [-0.39, 0.29) is 30.1 Å². The molecule has 0 spiro atoms. The first-order valence-corrected chi connectivity index (χ1v) is 12.2. The van der Waals surface area contributed by atoms with Crippen molar-refractivity contribution in [1.82, 2.24) is 9.88 Å². The van der Waals surface area contributed by atoms with Gasteiger partial charge in [0, 0.05) is 24.2 Å². The number of hydrogen-bond acceptors (Lipinski definition) is 6. The van der Waals surface area contributed by atoms with Gasteiger partial charge in [0.1, 0.15) is 24.1 Å². The molecular formula is C27H28FN3O4. The Kier molecular flexibility index (Phi) is 5.68. The zero-order valence-electron chi connectivity index (χ0n) is 19.7. The van der Waals surface area contributed by atoms with Crippen LogP contribution in [0.1, 0.15) is 24.1 Å². The fraction of sp³-hybridized carbons (Fsp3) is 0.407. The Morgan fingerprint density at radius 3 is 2.94 bits per heavy atom. The molecule has 2 unspecified atom stereocenters. The third-order valence-corrected chi connectivity index (χ3v) is 7.01. The van der Waals surface area contributed by atoms with E-state index < -0.39 is 0 Å². The Morgan fingerprint density at radius 1 is 1.14 bits per heavy atom. The molecule has 8 heteroatoms. The van der Waals surface area contributed by atoms with Crippen LogP contribution in [0.5, 0.6) is 17.2 Å². The van der Waals surface area contributed by atoms with Gasteiger partial charge in [0.25, 0.3) is 5.91 Å². The van der Waals surface area contributed by atoms with Crippen LogP contribution in [0.2, 0.25) is 0 Å². The number of hydrogen-bond donors (Lipinski definition) is 1. The van der Waals surface area contributed by atoms with E-state index in [1.807, 2.05) is 31.2 Å². The van der Waals surface area contributed by atoms with Gasteiger partial charge in [-0.3, -0.25) is 14.7 Å². The molecule has 0 aliphatic carbocycles. The van der Waals surface area contributed by atoms with Crippen LogP contribution >= 0.6 is 0 Å². The van der Waals surface area contributed by atoms with Crippen molar-refractivity contribution in [3.05, 3.63) is 53.5 Å². The van der Waals surface area contributed by atoms with Crippen molar-refractivity contribution < 1.29 is 23.4 Å². The molecule has 7 nitrogen and oxygen atoms in total. The topological polar surface area (TPSA) is 72.9 Å². The first-order chi connectivity index (χ1) is 17.0. The maximum Gasteiger partial charge on any atom is 0.262 e. The third-order valence-electron chi connectivity index (χ3n) is 7.01. The molecule has 1 N–H and O–H groups in total.